The molecule has 30 heavy (non-hydrogen) atoms. The number of nitrogens with one attached hydrogen (secondary N) is 1. The van der Waals surface area contributed by atoms with Crippen LogP contribution in [0.3, 0.4) is 0 Å². The van der Waals surface area contributed by atoms with E-state index in [2.05, 4.69) is 10.4 Å². The summed E-state index contributed by atoms with van der Waals surface area (Å²) < 4.78 is 6.64. The smallest absolute Gasteiger partial charge is 0.348 e. The van der Waals surface area contributed by atoms with Crippen LogP contribution in [0, 0.1) is 13.8 Å². The van der Waals surface area contributed by atoms with Crippen LogP contribution in [0.15, 0.2) is 72.8 Å². The number of aryl methyl sites for hydroxylation is 2. The third-order valence-electron chi connectivity index (χ3n) is 4.82. The molecule has 0 unspecified atom stereocenters. The Morgan fingerprint density at radius 2 is 1.73 bits per heavy atom. The molecular weight excluding hydrogens is 376 g/mol. The van der Waals surface area contributed by atoms with Gasteiger partial charge >= 0.3 is 6.03 Å². The fourth-order valence-electron chi connectivity index (χ4n) is 3.15. The molecule has 0 spiro atoms. The lowest BCUT2D eigenvalue weighted by Gasteiger charge is -2.08. The van der Waals surface area contributed by atoms with Gasteiger partial charge in [0.2, 0.25) is 0 Å². The molecule has 3 aromatic carbocycles. The summed E-state index contributed by atoms with van der Waals surface area (Å²) in [5.41, 5.74) is 4.46. The molecule has 0 bridgehead atoms. The summed E-state index contributed by atoms with van der Waals surface area (Å²) in [6, 6.07) is 22.5. The van der Waals surface area contributed by atoms with Crippen LogP contribution < -0.4 is 10.1 Å². The zero-order valence-electron chi connectivity index (χ0n) is 17.1. The van der Waals surface area contributed by atoms with Crippen LogP contribution in [0.4, 0.5) is 10.5 Å². The van der Waals surface area contributed by atoms with Crippen molar-refractivity contribution in [1.82, 2.24) is 14.8 Å². The maximum atomic E-state index is 13.1. The molecule has 0 radical (unpaired) electrons. The Morgan fingerprint density at radius 3 is 2.47 bits per heavy atom. The van der Waals surface area contributed by atoms with Crippen molar-refractivity contribution >= 4 is 11.7 Å². The van der Waals surface area contributed by atoms with E-state index in [1.165, 1.54) is 4.68 Å². The molecule has 6 heteroatoms. The van der Waals surface area contributed by atoms with Crippen molar-refractivity contribution < 1.29 is 9.53 Å². The fourth-order valence-corrected chi connectivity index (χ4v) is 3.15. The summed E-state index contributed by atoms with van der Waals surface area (Å²) in [5.74, 6) is 1.61. The molecule has 0 aliphatic heterocycles. The topological polar surface area (TPSA) is 69.0 Å². The number of aromatic nitrogens is 3. The minimum atomic E-state index is -0.385. The molecular formula is C24H22N4O2. The number of hydrogen-bond acceptors (Lipinski definition) is 4. The van der Waals surface area contributed by atoms with E-state index in [1.54, 1.807) is 7.11 Å². The molecule has 0 saturated heterocycles. The Labute approximate surface area is 175 Å². The fraction of sp³-hybridized carbons (Fsp3) is 0.125. The number of methoxy groups -OCH3 is 1. The minimum Gasteiger partial charge on any atom is -0.497 e. The predicted molar refractivity (Wildman–Crippen MR) is 118 cm³/mol. The number of benzene rings is 3. The van der Waals surface area contributed by atoms with E-state index >= 15 is 0 Å². The number of nitrogens with zero attached hydrogens (tertiary/aromatic N) is 3. The van der Waals surface area contributed by atoms with Crippen LogP contribution in [0.2, 0.25) is 0 Å². The van der Waals surface area contributed by atoms with Crippen LogP contribution in [-0.2, 0) is 0 Å². The van der Waals surface area contributed by atoms with Crippen molar-refractivity contribution in [1.29, 1.82) is 0 Å². The van der Waals surface area contributed by atoms with Gasteiger partial charge in [-0.1, -0.05) is 54.1 Å². The SMILES string of the molecule is COc1cccc(-c2nc(-c3ccccc3C)nn2C(=O)Nc2ccc(C)cc2)c1. The Morgan fingerprint density at radius 1 is 0.967 bits per heavy atom. The summed E-state index contributed by atoms with van der Waals surface area (Å²) in [6.07, 6.45) is 0. The largest absolute Gasteiger partial charge is 0.497 e. The number of rotatable bonds is 4. The number of ether oxygens (including phenoxy) is 1. The number of carbonyl (C=O) groups excluding carboxylic acids is 1. The maximum Gasteiger partial charge on any atom is 0.348 e. The first kappa shape index (κ1) is 19.4. The van der Waals surface area contributed by atoms with Crippen LogP contribution in [0.1, 0.15) is 11.1 Å². The molecule has 4 rings (SSSR count). The Balaban J connectivity index is 1.79. The van der Waals surface area contributed by atoms with Crippen LogP contribution in [0.5, 0.6) is 5.75 Å². The van der Waals surface area contributed by atoms with Crippen LogP contribution >= 0.6 is 0 Å². The normalized spacial score (nSPS) is 10.6. The highest BCUT2D eigenvalue weighted by atomic mass is 16.5. The van der Waals surface area contributed by atoms with E-state index in [4.69, 9.17) is 9.72 Å². The average molecular weight is 398 g/mol. The zero-order valence-corrected chi connectivity index (χ0v) is 17.1. The van der Waals surface area contributed by atoms with Crippen molar-refractivity contribution in [3.8, 4) is 28.5 Å². The molecule has 150 valence electrons. The summed E-state index contributed by atoms with van der Waals surface area (Å²) in [5, 5.41) is 7.43. The first-order valence-electron chi connectivity index (χ1n) is 9.60. The van der Waals surface area contributed by atoms with Crippen molar-refractivity contribution in [3.63, 3.8) is 0 Å². The second kappa shape index (κ2) is 8.21. The second-order valence-corrected chi connectivity index (χ2v) is 7.01. The van der Waals surface area contributed by atoms with Gasteiger partial charge in [0.15, 0.2) is 11.6 Å². The highest BCUT2D eigenvalue weighted by molar-refractivity contribution is 5.93. The minimum absolute atomic E-state index is 0.385. The molecule has 1 N–H and O–H groups in total. The van der Waals surface area contributed by atoms with Gasteiger partial charge < -0.3 is 10.1 Å². The van der Waals surface area contributed by atoms with Crippen LogP contribution in [-0.4, -0.2) is 27.9 Å². The van der Waals surface area contributed by atoms with Gasteiger partial charge in [0.05, 0.1) is 7.11 Å². The monoisotopic (exact) mass is 398 g/mol. The molecule has 1 aromatic heterocycles. The van der Waals surface area contributed by atoms with E-state index in [0.717, 1.165) is 22.3 Å². The molecule has 0 fully saturated rings. The van der Waals surface area contributed by atoms with E-state index in [1.807, 2.05) is 86.6 Å². The van der Waals surface area contributed by atoms with Gasteiger partial charge in [-0.3, -0.25) is 0 Å². The standard InChI is InChI=1S/C24H22N4O2/c1-16-11-13-19(14-12-16)25-24(29)28-23(18-8-6-9-20(15-18)30-3)26-22(27-28)21-10-5-4-7-17(21)2/h4-15H,1-3H3,(H,25,29). The molecule has 0 aliphatic carbocycles. The van der Waals surface area contributed by atoms with Crippen LogP contribution in [0.25, 0.3) is 22.8 Å². The van der Waals surface area contributed by atoms with Gasteiger partial charge in [-0.25, -0.2) is 9.78 Å². The van der Waals surface area contributed by atoms with Gasteiger partial charge in [0.1, 0.15) is 5.75 Å². The van der Waals surface area contributed by atoms with E-state index in [0.29, 0.717) is 23.1 Å². The van der Waals surface area contributed by atoms with E-state index in [-0.39, 0.29) is 6.03 Å². The summed E-state index contributed by atoms with van der Waals surface area (Å²) in [6.45, 7) is 3.99. The van der Waals surface area contributed by atoms with Crippen molar-refractivity contribution in [2.24, 2.45) is 0 Å². The molecule has 0 aliphatic rings. The lowest BCUT2D eigenvalue weighted by atomic mass is 10.1. The highest BCUT2D eigenvalue weighted by Gasteiger charge is 2.20. The van der Waals surface area contributed by atoms with Crippen molar-refractivity contribution in [2.45, 2.75) is 13.8 Å². The first-order valence-corrected chi connectivity index (χ1v) is 9.60. The maximum absolute atomic E-state index is 13.1. The van der Waals surface area contributed by atoms with Gasteiger partial charge in [-0.05, 0) is 43.7 Å². The number of hydrogen-bond donors (Lipinski definition) is 1. The van der Waals surface area contributed by atoms with Gasteiger partial charge in [0, 0.05) is 16.8 Å². The quantitative estimate of drug-likeness (QED) is 0.505. The third kappa shape index (κ3) is 3.93. The van der Waals surface area contributed by atoms with Gasteiger partial charge in [-0.15, -0.1) is 5.10 Å². The Kier molecular flexibility index (Phi) is 5.30. The van der Waals surface area contributed by atoms with Crippen molar-refractivity contribution in [2.75, 3.05) is 12.4 Å². The summed E-state index contributed by atoms with van der Waals surface area (Å²) in [7, 11) is 1.60. The van der Waals surface area contributed by atoms with Gasteiger partial charge in [-0.2, -0.15) is 4.68 Å². The van der Waals surface area contributed by atoms with E-state index < -0.39 is 0 Å². The van der Waals surface area contributed by atoms with Gasteiger partial charge in [0.25, 0.3) is 0 Å². The lowest BCUT2D eigenvalue weighted by molar-refractivity contribution is 0.251. The lowest BCUT2D eigenvalue weighted by Crippen LogP contribution is -2.21. The average Bonchev–Trinajstić information content (AvgIpc) is 3.21. The molecule has 0 atom stereocenters. The van der Waals surface area contributed by atoms with Crippen molar-refractivity contribution in [3.05, 3.63) is 83.9 Å². The number of carbonyl (C=O) groups is 1. The zero-order chi connectivity index (χ0) is 21.1. The first-order chi connectivity index (χ1) is 14.5. The number of anilines is 1. The summed E-state index contributed by atoms with van der Waals surface area (Å²) in [4.78, 5) is 17.8. The molecule has 4 aromatic rings. The molecule has 6 nitrogen and oxygen atoms in total. The Bertz CT molecular complexity index is 1200. The number of amides is 1. The third-order valence-corrected chi connectivity index (χ3v) is 4.82. The molecule has 0 saturated carbocycles. The summed E-state index contributed by atoms with van der Waals surface area (Å²) >= 11 is 0. The molecule has 1 amide bonds. The Hall–Kier alpha value is -3.93. The highest BCUT2D eigenvalue weighted by Crippen LogP contribution is 2.27. The van der Waals surface area contributed by atoms with E-state index in [9.17, 15) is 4.79 Å². The second-order valence-electron chi connectivity index (χ2n) is 7.01. The predicted octanol–water partition coefficient (Wildman–Crippen LogP) is 5.32. The molecule has 1 heterocycles.